The summed E-state index contributed by atoms with van der Waals surface area (Å²) in [4.78, 5) is 24.5. The molecule has 160 valence electrons. The molecule has 0 amide bonds. The molecule has 2 N–H and O–H groups in total. The van der Waals surface area contributed by atoms with E-state index in [0.717, 1.165) is 59.1 Å². The number of aromatic amines is 2. The first kappa shape index (κ1) is 18.5. The first-order valence-corrected chi connectivity index (χ1v) is 11.5. The number of hydrogen-bond donors (Lipinski definition) is 2. The largest absolute Gasteiger partial charge is 0.329 e. The molecule has 0 fully saturated rings. The Bertz CT molecular complexity index is 1870. The number of rotatable bonds is 1. The van der Waals surface area contributed by atoms with Crippen LogP contribution >= 0.6 is 11.3 Å². The molecule has 5 aromatic rings. The summed E-state index contributed by atoms with van der Waals surface area (Å²) in [6, 6.07) is 8.81. The van der Waals surface area contributed by atoms with Gasteiger partial charge in [0.25, 0.3) is 0 Å². The number of nitrogens with one attached hydrogen (secondary N) is 2. The van der Waals surface area contributed by atoms with Crippen LogP contribution in [-0.4, -0.2) is 39.7 Å². The van der Waals surface area contributed by atoms with Gasteiger partial charge in [0.2, 0.25) is 0 Å². The second kappa shape index (κ2) is 6.69. The number of thiophene rings is 1. The van der Waals surface area contributed by atoms with E-state index in [9.17, 15) is 0 Å². The minimum atomic E-state index is 0.245. The smallest absolute Gasteiger partial charge is 0.179 e. The van der Waals surface area contributed by atoms with Crippen molar-refractivity contribution in [1.29, 1.82) is 0 Å². The van der Waals surface area contributed by atoms with Crippen molar-refractivity contribution in [1.82, 2.24) is 39.7 Å². The Labute approximate surface area is 191 Å². The van der Waals surface area contributed by atoms with Crippen LogP contribution in [0.15, 0.2) is 55.2 Å². The van der Waals surface area contributed by atoms with Crippen LogP contribution in [0.25, 0.3) is 64.8 Å². The molecule has 0 unspecified atom stereocenters. The van der Waals surface area contributed by atoms with Gasteiger partial charge >= 0.3 is 0 Å². The molecule has 33 heavy (non-hydrogen) atoms. The predicted octanol–water partition coefficient (Wildman–Crippen LogP) is 5.76. The molecule has 7 rings (SSSR count). The summed E-state index contributed by atoms with van der Waals surface area (Å²) in [5.41, 5.74) is 5.75. The Morgan fingerprint density at radius 2 is 1.79 bits per heavy atom. The van der Waals surface area contributed by atoms with Gasteiger partial charge in [-0.1, -0.05) is 0 Å². The summed E-state index contributed by atoms with van der Waals surface area (Å²) < 4.78 is 3.41. The van der Waals surface area contributed by atoms with Gasteiger partial charge in [0.05, 0.1) is 22.7 Å². The third kappa shape index (κ3) is 2.72. The first-order chi connectivity index (χ1) is 16.2. The van der Waals surface area contributed by atoms with E-state index in [1.54, 1.807) is 17.5 Å². The average molecular weight is 451 g/mol. The summed E-state index contributed by atoms with van der Waals surface area (Å²) in [6.07, 6.45) is 9.29. The second-order valence-electron chi connectivity index (χ2n) is 8.38. The molecule has 0 aromatic carbocycles. The monoisotopic (exact) mass is 450 g/mol. The fourth-order valence-corrected chi connectivity index (χ4v) is 5.63. The van der Waals surface area contributed by atoms with Crippen molar-refractivity contribution in [2.75, 3.05) is 0 Å². The summed E-state index contributed by atoms with van der Waals surface area (Å²) in [6.45, 7) is 4.37. The molecule has 0 saturated carbocycles. The van der Waals surface area contributed by atoms with E-state index in [0.29, 0.717) is 5.65 Å². The molecule has 0 aliphatic carbocycles. The Kier molecular flexibility index (Phi) is 3.74. The van der Waals surface area contributed by atoms with Crippen LogP contribution in [0.5, 0.6) is 0 Å². The molecular formula is C24H18N8S. The number of fused-ring (bicyclic) bond motifs is 9. The van der Waals surface area contributed by atoms with Gasteiger partial charge in [-0.3, -0.25) is 20.2 Å². The van der Waals surface area contributed by atoms with Crippen LogP contribution in [0.2, 0.25) is 0 Å². The van der Waals surface area contributed by atoms with Gasteiger partial charge in [0.1, 0.15) is 16.7 Å². The van der Waals surface area contributed by atoms with Gasteiger partial charge in [-0.05, 0) is 38.1 Å². The maximum absolute atomic E-state index is 4.92. The lowest BCUT2D eigenvalue weighted by Crippen LogP contribution is -2.01. The van der Waals surface area contributed by atoms with Gasteiger partial charge in [-0.25, -0.2) is 15.0 Å². The SMILES string of the molecule is CC(C)n1c2cncc(c2)c2cnc3[nH][nH]c(c4nc5cncc(c6ccc1s6)c5n4)-c3c2. The van der Waals surface area contributed by atoms with Gasteiger partial charge in [-0.2, -0.15) is 0 Å². The highest BCUT2D eigenvalue weighted by Gasteiger charge is 2.15. The van der Waals surface area contributed by atoms with Crippen molar-refractivity contribution < 1.29 is 0 Å². The van der Waals surface area contributed by atoms with Crippen LogP contribution < -0.4 is 0 Å². The summed E-state index contributed by atoms with van der Waals surface area (Å²) in [5.74, 6) is 0. The first-order valence-electron chi connectivity index (χ1n) is 10.7. The Hall–Kier alpha value is -4.11. The van der Waals surface area contributed by atoms with Gasteiger partial charge < -0.3 is 4.57 Å². The number of aromatic nitrogens is 8. The average Bonchev–Trinajstić information content (AvgIpc) is 3.55. The van der Waals surface area contributed by atoms with E-state index < -0.39 is 0 Å². The third-order valence-electron chi connectivity index (χ3n) is 5.98. The molecule has 9 heteroatoms. The lowest BCUT2D eigenvalue weighted by molar-refractivity contribution is 0.640. The van der Waals surface area contributed by atoms with Crippen LogP contribution in [0.4, 0.5) is 0 Å². The summed E-state index contributed by atoms with van der Waals surface area (Å²) in [5, 5.41) is 9.32. The maximum atomic E-state index is 4.92. The number of pyridine rings is 3. The van der Waals surface area contributed by atoms with Crippen molar-refractivity contribution in [2.45, 2.75) is 19.9 Å². The van der Waals surface area contributed by atoms with E-state index in [1.807, 2.05) is 24.8 Å². The molecule has 0 spiro atoms. The van der Waals surface area contributed by atoms with Gasteiger partial charge in [0, 0.05) is 51.1 Å². The second-order valence-corrected chi connectivity index (χ2v) is 9.44. The number of H-pyrrole nitrogens is 2. The Morgan fingerprint density at radius 3 is 2.70 bits per heavy atom. The molecule has 0 saturated heterocycles. The molecule has 2 aliphatic rings. The molecular weight excluding hydrogens is 432 g/mol. The molecule has 8 bridgehead atoms. The lowest BCUT2D eigenvalue weighted by Gasteiger charge is -2.12. The highest BCUT2D eigenvalue weighted by atomic mass is 32.1. The van der Waals surface area contributed by atoms with Crippen molar-refractivity contribution in [2.24, 2.45) is 0 Å². The van der Waals surface area contributed by atoms with Gasteiger partial charge in [-0.15, -0.1) is 11.3 Å². The molecule has 8 nitrogen and oxygen atoms in total. The van der Waals surface area contributed by atoms with Gasteiger partial charge in [0.15, 0.2) is 11.3 Å². The van der Waals surface area contributed by atoms with Crippen molar-refractivity contribution in [3.8, 4) is 11.3 Å². The fraction of sp³-hybridized carbons (Fsp3) is 0.125. The van der Waals surface area contributed by atoms with E-state index >= 15 is 0 Å². The molecule has 0 radical (unpaired) electrons. The van der Waals surface area contributed by atoms with Crippen molar-refractivity contribution >= 4 is 64.9 Å². The van der Waals surface area contributed by atoms with E-state index in [1.165, 1.54) is 0 Å². The zero-order valence-electron chi connectivity index (χ0n) is 17.9. The maximum Gasteiger partial charge on any atom is 0.179 e. The van der Waals surface area contributed by atoms with Crippen LogP contribution in [0.1, 0.15) is 19.9 Å². The Balaban J connectivity index is 1.76. The van der Waals surface area contributed by atoms with E-state index in [2.05, 4.69) is 67.8 Å². The molecule has 5 aromatic heterocycles. The standard InChI is InChI=1S/C24H18N8S/c1-12(2)32-15-5-13(7-25-9-15)14-6-16-22(30-31-23(16)27-8-14)24-28-18-11-26-10-17(21(18)29-24)19-3-4-20(32)33-19/h3-12,30H,1-2H3,(H,27,31). The molecule has 0 atom stereocenters. The van der Waals surface area contributed by atoms with Crippen LogP contribution in [0.3, 0.4) is 0 Å². The highest BCUT2D eigenvalue weighted by Crippen LogP contribution is 2.32. The van der Waals surface area contributed by atoms with Crippen LogP contribution in [-0.2, 0) is 0 Å². The minimum absolute atomic E-state index is 0.245. The lowest BCUT2D eigenvalue weighted by atomic mass is 10.1. The minimum Gasteiger partial charge on any atom is -0.329 e. The summed E-state index contributed by atoms with van der Waals surface area (Å²) >= 11 is 1.72. The molecule has 2 aliphatic heterocycles. The quantitative estimate of drug-likeness (QED) is 0.331. The van der Waals surface area contributed by atoms with E-state index in [-0.39, 0.29) is 6.04 Å². The predicted molar refractivity (Wildman–Crippen MR) is 132 cm³/mol. The van der Waals surface area contributed by atoms with Crippen LogP contribution in [0, 0.1) is 0 Å². The number of nitrogens with zero attached hydrogens (tertiary/aromatic N) is 6. The topological polar surface area (TPSA) is 101 Å². The van der Waals surface area contributed by atoms with Crippen molar-refractivity contribution in [3.05, 3.63) is 55.2 Å². The zero-order valence-corrected chi connectivity index (χ0v) is 18.7. The van der Waals surface area contributed by atoms with Crippen molar-refractivity contribution in [3.63, 3.8) is 0 Å². The Morgan fingerprint density at radius 1 is 0.909 bits per heavy atom. The third-order valence-corrected chi connectivity index (χ3v) is 7.09. The number of imidazole rings is 1. The fourth-order valence-electron chi connectivity index (χ4n) is 4.46. The van der Waals surface area contributed by atoms with E-state index in [4.69, 9.17) is 9.97 Å². The summed E-state index contributed by atoms with van der Waals surface area (Å²) in [7, 11) is 0. The number of hydrogen-bond acceptors (Lipinski definition) is 6. The zero-order chi connectivity index (χ0) is 22.1. The molecule has 7 heterocycles. The highest BCUT2D eigenvalue weighted by molar-refractivity contribution is 7.23. The normalized spacial score (nSPS) is 12.2.